The first-order valence-corrected chi connectivity index (χ1v) is 12.5. The SMILES string of the molecule is CCC(C)N(Cc1cccc(OS(=O)(=O)c2ccc(F)cc2)c1)C(=O)C=Cc1ccc([N+](=O)[O-])cc1. The summed E-state index contributed by atoms with van der Waals surface area (Å²) in [6, 6.07) is 16.4. The number of amides is 1. The summed E-state index contributed by atoms with van der Waals surface area (Å²) in [5, 5.41) is 10.8. The number of nitrogens with zero attached hydrogens (tertiary/aromatic N) is 2. The summed E-state index contributed by atoms with van der Waals surface area (Å²) in [7, 11) is -4.16. The summed E-state index contributed by atoms with van der Waals surface area (Å²) < 4.78 is 43.4. The Bertz CT molecular complexity index is 1360. The molecule has 0 aliphatic rings. The van der Waals surface area contributed by atoms with Gasteiger partial charge in [-0.05, 0) is 79.1 Å². The fourth-order valence-corrected chi connectivity index (χ4v) is 4.23. The van der Waals surface area contributed by atoms with Gasteiger partial charge in [0.15, 0.2) is 0 Å². The Balaban J connectivity index is 1.76. The lowest BCUT2D eigenvalue weighted by Crippen LogP contribution is -2.36. The van der Waals surface area contributed by atoms with E-state index in [1.54, 1.807) is 35.2 Å². The van der Waals surface area contributed by atoms with Crippen molar-refractivity contribution in [3.05, 3.63) is 106 Å². The predicted octanol–water partition coefficient (Wildman–Crippen LogP) is 5.34. The molecule has 36 heavy (non-hydrogen) atoms. The highest BCUT2D eigenvalue weighted by molar-refractivity contribution is 7.87. The second-order valence-corrected chi connectivity index (χ2v) is 9.59. The molecule has 1 amide bonds. The average molecular weight is 513 g/mol. The lowest BCUT2D eigenvalue weighted by molar-refractivity contribution is -0.384. The first kappa shape index (κ1) is 26.6. The molecule has 1 unspecified atom stereocenters. The smallest absolute Gasteiger partial charge is 0.339 e. The Labute approximate surface area is 208 Å². The summed E-state index contributed by atoms with van der Waals surface area (Å²) in [4.78, 5) is 24.8. The van der Waals surface area contributed by atoms with Crippen LogP contribution in [-0.4, -0.2) is 30.2 Å². The van der Waals surface area contributed by atoms with E-state index in [-0.39, 0.29) is 34.8 Å². The number of benzene rings is 3. The number of rotatable bonds is 10. The first-order valence-electron chi connectivity index (χ1n) is 11.1. The average Bonchev–Trinajstić information content (AvgIpc) is 2.86. The molecule has 3 aromatic carbocycles. The van der Waals surface area contributed by atoms with Crippen LogP contribution < -0.4 is 4.18 Å². The molecule has 0 N–H and O–H groups in total. The molecule has 1 atom stereocenters. The molecule has 0 saturated carbocycles. The molecule has 0 bridgehead atoms. The van der Waals surface area contributed by atoms with Gasteiger partial charge in [0.2, 0.25) is 5.91 Å². The second kappa shape index (κ2) is 11.6. The number of nitro groups is 1. The normalized spacial score (nSPS) is 12.3. The molecule has 0 saturated heterocycles. The molecule has 0 aromatic heterocycles. The van der Waals surface area contributed by atoms with E-state index in [9.17, 15) is 27.7 Å². The monoisotopic (exact) mass is 512 g/mol. The maximum atomic E-state index is 13.1. The molecule has 0 fully saturated rings. The van der Waals surface area contributed by atoms with Crippen molar-refractivity contribution in [2.75, 3.05) is 0 Å². The summed E-state index contributed by atoms with van der Waals surface area (Å²) in [5.41, 5.74) is 1.25. The third kappa shape index (κ3) is 6.98. The van der Waals surface area contributed by atoms with E-state index in [2.05, 4.69) is 0 Å². The molecule has 8 nitrogen and oxygen atoms in total. The first-order chi connectivity index (χ1) is 17.1. The van der Waals surface area contributed by atoms with Crippen molar-refractivity contribution in [2.45, 2.75) is 37.8 Å². The summed E-state index contributed by atoms with van der Waals surface area (Å²) >= 11 is 0. The van der Waals surface area contributed by atoms with Crippen molar-refractivity contribution >= 4 is 27.8 Å². The van der Waals surface area contributed by atoms with E-state index in [4.69, 9.17) is 4.18 Å². The Morgan fingerprint density at radius 3 is 2.39 bits per heavy atom. The van der Waals surface area contributed by atoms with Crippen LogP contribution in [0.15, 0.2) is 83.8 Å². The summed E-state index contributed by atoms with van der Waals surface area (Å²) in [5.74, 6) is -0.767. The Kier molecular flexibility index (Phi) is 8.55. The number of halogens is 1. The van der Waals surface area contributed by atoms with Gasteiger partial charge in [-0.25, -0.2) is 4.39 Å². The minimum absolute atomic E-state index is 0.0387. The second-order valence-electron chi connectivity index (χ2n) is 8.04. The molecule has 0 heterocycles. The highest BCUT2D eigenvalue weighted by Crippen LogP contribution is 2.22. The van der Waals surface area contributed by atoms with E-state index in [1.165, 1.54) is 30.3 Å². The zero-order valence-electron chi connectivity index (χ0n) is 19.7. The Morgan fingerprint density at radius 2 is 1.78 bits per heavy atom. The minimum atomic E-state index is -4.16. The van der Waals surface area contributed by atoms with Crippen LogP contribution in [0.5, 0.6) is 5.75 Å². The van der Waals surface area contributed by atoms with Crippen LogP contribution in [-0.2, 0) is 21.5 Å². The van der Waals surface area contributed by atoms with Gasteiger partial charge >= 0.3 is 10.1 Å². The van der Waals surface area contributed by atoms with Gasteiger partial charge in [-0.1, -0.05) is 19.1 Å². The lowest BCUT2D eigenvalue weighted by Gasteiger charge is -2.28. The Morgan fingerprint density at radius 1 is 1.11 bits per heavy atom. The molecule has 0 aliphatic heterocycles. The van der Waals surface area contributed by atoms with Crippen molar-refractivity contribution in [1.29, 1.82) is 0 Å². The standard InChI is InChI=1S/C26H25FN2O6S/c1-3-19(2)28(26(30)16-9-20-7-12-23(13-8-20)29(31)32)18-21-5-4-6-24(17-21)35-36(33,34)25-14-10-22(27)11-15-25/h4-17,19H,3,18H2,1-2H3. The number of carbonyl (C=O) groups is 1. The van der Waals surface area contributed by atoms with E-state index < -0.39 is 20.9 Å². The number of hydrogen-bond acceptors (Lipinski definition) is 6. The molecular formula is C26H25FN2O6S. The zero-order chi connectivity index (χ0) is 26.3. The van der Waals surface area contributed by atoms with E-state index in [0.29, 0.717) is 17.5 Å². The maximum absolute atomic E-state index is 13.1. The largest absolute Gasteiger partial charge is 0.379 e. The van der Waals surface area contributed by atoms with Gasteiger partial charge in [-0.3, -0.25) is 14.9 Å². The summed E-state index contributed by atoms with van der Waals surface area (Å²) in [6.45, 7) is 4.04. The predicted molar refractivity (Wildman–Crippen MR) is 133 cm³/mol. The topological polar surface area (TPSA) is 107 Å². The molecular weight excluding hydrogens is 487 g/mol. The van der Waals surface area contributed by atoms with Gasteiger partial charge in [-0.2, -0.15) is 8.42 Å². The number of nitro benzene ring substituents is 1. The van der Waals surface area contributed by atoms with E-state index in [1.807, 2.05) is 13.8 Å². The van der Waals surface area contributed by atoms with Gasteiger partial charge in [0.1, 0.15) is 16.5 Å². The van der Waals surface area contributed by atoms with Gasteiger partial charge in [0.25, 0.3) is 5.69 Å². The summed E-state index contributed by atoms with van der Waals surface area (Å²) in [6.07, 6.45) is 3.66. The molecule has 3 rings (SSSR count). The van der Waals surface area contributed by atoms with Crippen LogP contribution in [0.25, 0.3) is 6.08 Å². The highest BCUT2D eigenvalue weighted by atomic mass is 32.2. The Hall–Kier alpha value is -4.05. The molecule has 10 heteroatoms. The van der Waals surface area contributed by atoms with E-state index >= 15 is 0 Å². The van der Waals surface area contributed by atoms with Crippen LogP contribution in [0.2, 0.25) is 0 Å². The fraction of sp³-hybridized carbons (Fsp3) is 0.192. The van der Waals surface area contributed by atoms with Crippen LogP contribution in [0.3, 0.4) is 0 Å². The number of hydrogen-bond donors (Lipinski definition) is 0. The molecule has 0 radical (unpaired) electrons. The van der Waals surface area contributed by atoms with Crippen molar-refractivity contribution in [3.8, 4) is 5.75 Å². The molecule has 0 spiro atoms. The van der Waals surface area contributed by atoms with Crippen LogP contribution >= 0.6 is 0 Å². The van der Waals surface area contributed by atoms with Gasteiger partial charge in [0, 0.05) is 30.8 Å². The third-order valence-corrected chi connectivity index (χ3v) is 6.75. The number of carbonyl (C=O) groups excluding carboxylic acids is 1. The molecule has 0 aliphatic carbocycles. The van der Waals surface area contributed by atoms with Gasteiger partial charge in [0.05, 0.1) is 4.92 Å². The minimum Gasteiger partial charge on any atom is -0.379 e. The van der Waals surface area contributed by atoms with Crippen LogP contribution in [0.4, 0.5) is 10.1 Å². The fourth-order valence-electron chi connectivity index (χ4n) is 3.31. The van der Waals surface area contributed by atoms with Crippen molar-refractivity contribution in [2.24, 2.45) is 0 Å². The van der Waals surface area contributed by atoms with Crippen LogP contribution in [0, 0.1) is 15.9 Å². The quantitative estimate of drug-likeness (QED) is 0.157. The number of non-ortho nitro benzene ring substituents is 1. The third-order valence-electron chi connectivity index (χ3n) is 5.49. The molecule has 3 aromatic rings. The zero-order valence-corrected chi connectivity index (χ0v) is 20.5. The van der Waals surface area contributed by atoms with Crippen molar-refractivity contribution in [1.82, 2.24) is 4.90 Å². The molecule has 188 valence electrons. The highest BCUT2D eigenvalue weighted by Gasteiger charge is 2.20. The maximum Gasteiger partial charge on any atom is 0.339 e. The lowest BCUT2D eigenvalue weighted by atomic mass is 10.1. The van der Waals surface area contributed by atoms with E-state index in [0.717, 1.165) is 24.3 Å². The van der Waals surface area contributed by atoms with Crippen LogP contribution in [0.1, 0.15) is 31.4 Å². The van der Waals surface area contributed by atoms with Gasteiger partial charge < -0.3 is 9.08 Å². The van der Waals surface area contributed by atoms with Gasteiger partial charge in [-0.15, -0.1) is 0 Å². The van der Waals surface area contributed by atoms with Crippen molar-refractivity contribution in [3.63, 3.8) is 0 Å². The van der Waals surface area contributed by atoms with Crippen molar-refractivity contribution < 1.29 is 26.7 Å².